The molecule has 0 saturated heterocycles. The molecule has 1 heterocycles. The Kier molecular flexibility index (Phi) is 3.07. The molecule has 1 aromatic carbocycles. The molecule has 0 atom stereocenters. The second-order valence-electron chi connectivity index (χ2n) is 3.41. The molecule has 0 aliphatic rings. The molecule has 0 fully saturated rings. The van der Waals surface area contributed by atoms with Crippen molar-refractivity contribution in [1.29, 1.82) is 0 Å². The van der Waals surface area contributed by atoms with Gasteiger partial charge in [0.1, 0.15) is 0 Å². The molecule has 0 aliphatic heterocycles. The van der Waals surface area contributed by atoms with Crippen molar-refractivity contribution in [2.45, 2.75) is 6.92 Å². The van der Waals surface area contributed by atoms with Crippen LogP contribution >= 0.6 is 28.1 Å². The van der Waals surface area contributed by atoms with Crippen molar-refractivity contribution in [2.24, 2.45) is 0 Å². The van der Waals surface area contributed by atoms with Gasteiger partial charge in [0.2, 0.25) is 0 Å². The van der Waals surface area contributed by atoms with Crippen LogP contribution in [0.25, 0.3) is 5.69 Å². The highest BCUT2D eigenvalue weighted by Gasteiger charge is 2.00. The van der Waals surface area contributed by atoms with Crippen LogP contribution in [-0.4, -0.2) is 9.55 Å². The zero-order valence-corrected chi connectivity index (χ0v) is 10.9. The molecule has 0 radical (unpaired) electrons. The summed E-state index contributed by atoms with van der Waals surface area (Å²) in [5.74, 6) is 0. The smallest absolute Gasteiger partial charge is 0.251 e. The summed E-state index contributed by atoms with van der Waals surface area (Å²) in [6, 6.07) is 7.34. The summed E-state index contributed by atoms with van der Waals surface area (Å²) in [4.78, 5) is 13.6. The number of H-pyrrole nitrogens is 1. The predicted molar refractivity (Wildman–Crippen MR) is 69.7 cm³/mol. The predicted octanol–water partition coefficient (Wildman–Crippen LogP) is 2.97. The lowest BCUT2D eigenvalue weighted by Crippen LogP contribution is -2.09. The Hall–Kier alpha value is -1.20. The van der Waals surface area contributed by atoms with E-state index in [9.17, 15) is 4.79 Å². The molecule has 3 nitrogen and oxygen atoms in total. The topological polar surface area (TPSA) is 37.8 Å². The van der Waals surface area contributed by atoms with Crippen LogP contribution in [0.15, 0.2) is 39.7 Å². The van der Waals surface area contributed by atoms with Crippen LogP contribution < -0.4 is 5.56 Å². The summed E-state index contributed by atoms with van der Waals surface area (Å²) in [5.41, 5.74) is 1.86. The number of benzene rings is 1. The van der Waals surface area contributed by atoms with Gasteiger partial charge in [-0.25, -0.2) is 0 Å². The van der Waals surface area contributed by atoms with Gasteiger partial charge in [0.25, 0.3) is 5.56 Å². The Labute approximate surface area is 106 Å². The number of rotatable bonds is 1. The monoisotopic (exact) mass is 296 g/mol. The van der Waals surface area contributed by atoms with Crippen molar-refractivity contribution in [2.75, 3.05) is 0 Å². The molecule has 1 N–H and O–H groups in total. The number of aromatic nitrogens is 2. The molecule has 2 rings (SSSR count). The molecule has 82 valence electrons. The average Bonchev–Trinajstić information content (AvgIpc) is 2.22. The fourth-order valence-corrected chi connectivity index (χ4v) is 1.91. The Morgan fingerprint density at radius 3 is 2.75 bits per heavy atom. The molecule has 0 saturated carbocycles. The summed E-state index contributed by atoms with van der Waals surface area (Å²) >= 11 is 8.53. The van der Waals surface area contributed by atoms with Crippen molar-refractivity contribution < 1.29 is 0 Å². The molecule has 5 heteroatoms. The molecule has 0 bridgehead atoms. The zero-order valence-electron chi connectivity index (χ0n) is 8.53. The number of aryl methyl sites for hydroxylation is 1. The molecule has 0 unspecified atom stereocenters. The minimum atomic E-state index is -0.185. The average molecular weight is 297 g/mol. The number of hydrogen-bond donors (Lipinski definition) is 1. The van der Waals surface area contributed by atoms with E-state index in [0.29, 0.717) is 4.77 Å². The Balaban J connectivity index is 2.63. The van der Waals surface area contributed by atoms with Gasteiger partial charge in [-0.1, -0.05) is 15.9 Å². The highest BCUT2D eigenvalue weighted by molar-refractivity contribution is 9.10. The van der Waals surface area contributed by atoms with Gasteiger partial charge in [0, 0.05) is 22.4 Å². The van der Waals surface area contributed by atoms with Gasteiger partial charge < -0.3 is 0 Å². The highest BCUT2D eigenvalue weighted by Crippen LogP contribution is 2.19. The third-order valence-corrected chi connectivity index (χ3v) is 3.43. The van der Waals surface area contributed by atoms with E-state index in [1.54, 1.807) is 10.8 Å². The van der Waals surface area contributed by atoms with Crippen LogP contribution in [0.2, 0.25) is 0 Å². The molecule has 0 amide bonds. The van der Waals surface area contributed by atoms with Crippen LogP contribution in [0.3, 0.4) is 0 Å². The van der Waals surface area contributed by atoms with Gasteiger partial charge in [-0.3, -0.25) is 14.3 Å². The maximum Gasteiger partial charge on any atom is 0.251 e. The lowest BCUT2D eigenvalue weighted by molar-refractivity contribution is 0.935. The Bertz CT molecular complexity index is 645. The summed E-state index contributed by atoms with van der Waals surface area (Å²) in [5, 5.41) is 0. The highest BCUT2D eigenvalue weighted by atomic mass is 79.9. The Morgan fingerprint density at radius 1 is 1.38 bits per heavy atom. The quantitative estimate of drug-likeness (QED) is 0.822. The third kappa shape index (κ3) is 2.15. The first-order chi connectivity index (χ1) is 7.58. The fraction of sp³-hybridized carbons (Fsp3) is 0.0909. The van der Waals surface area contributed by atoms with Gasteiger partial charge in [-0.05, 0) is 42.9 Å². The van der Waals surface area contributed by atoms with Crippen LogP contribution in [0.4, 0.5) is 0 Å². The lowest BCUT2D eigenvalue weighted by atomic mass is 10.2. The lowest BCUT2D eigenvalue weighted by Gasteiger charge is -2.07. The van der Waals surface area contributed by atoms with Gasteiger partial charge in [0.05, 0.1) is 0 Å². The van der Waals surface area contributed by atoms with E-state index in [4.69, 9.17) is 12.2 Å². The minimum absolute atomic E-state index is 0.185. The maximum atomic E-state index is 11.1. The van der Waals surface area contributed by atoms with Crippen molar-refractivity contribution in [1.82, 2.24) is 9.55 Å². The Morgan fingerprint density at radius 2 is 2.12 bits per heavy atom. The summed E-state index contributed by atoms with van der Waals surface area (Å²) < 4.78 is 3.21. The number of hydrogen-bond acceptors (Lipinski definition) is 2. The molecule has 16 heavy (non-hydrogen) atoms. The van der Waals surface area contributed by atoms with E-state index in [-0.39, 0.29) is 5.56 Å². The summed E-state index contributed by atoms with van der Waals surface area (Å²) in [7, 11) is 0. The zero-order chi connectivity index (χ0) is 11.7. The van der Waals surface area contributed by atoms with Gasteiger partial charge >= 0.3 is 0 Å². The van der Waals surface area contributed by atoms with E-state index in [0.717, 1.165) is 15.7 Å². The minimum Gasteiger partial charge on any atom is -0.299 e. The third-order valence-electron chi connectivity index (χ3n) is 2.24. The van der Waals surface area contributed by atoms with Crippen molar-refractivity contribution in [3.63, 3.8) is 0 Å². The molecule has 2 aromatic rings. The van der Waals surface area contributed by atoms with E-state index < -0.39 is 0 Å². The van der Waals surface area contributed by atoms with E-state index in [1.807, 2.05) is 25.1 Å². The largest absolute Gasteiger partial charge is 0.299 e. The second-order valence-corrected chi connectivity index (χ2v) is 4.65. The van der Waals surface area contributed by atoms with Gasteiger partial charge in [-0.2, -0.15) is 0 Å². The normalized spacial score (nSPS) is 10.4. The fourth-order valence-electron chi connectivity index (χ4n) is 1.40. The van der Waals surface area contributed by atoms with Crippen molar-refractivity contribution in [3.05, 3.63) is 55.6 Å². The molecule has 0 spiro atoms. The standard InChI is InChI=1S/C11H9BrN2OS/c1-7-6-8(2-3-9(7)12)14-5-4-10(15)13-11(14)16/h2-6H,1H3,(H,13,15,16). The molecule has 1 aromatic heterocycles. The van der Waals surface area contributed by atoms with Crippen LogP contribution in [-0.2, 0) is 0 Å². The number of halogens is 1. The van der Waals surface area contributed by atoms with E-state index >= 15 is 0 Å². The van der Waals surface area contributed by atoms with E-state index in [1.165, 1.54) is 6.07 Å². The number of aromatic amines is 1. The van der Waals surface area contributed by atoms with Gasteiger partial charge in [-0.15, -0.1) is 0 Å². The van der Waals surface area contributed by atoms with Crippen LogP contribution in [0, 0.1) is 11.7 Å². The maximum absolute atomic E-state index is 11.1. The van der Waals surface area contributed by atoms with Gasteiger partial charge in [0.15, 0.2) is 4.77 Å². The second kappa shape index (κ2) is 4.35. The molecular weight excluding hydrogens is 288 g/mol. The van der Waals surface area contributed by atoms with Crippen molar-refractivity contribution >= 4 is 28.1 Å². The van der Waals surface area contributed by atoms with Crippen molar-refractivity contribution in [3.8, 4) is 5.69 Å². The summed E-state index contributed by atoms with van der Waals surface area (Å²) in [6.07, 6.45) is 1.67. The number of nitrogens with one attached hydrogen (secondary N) is 1. The SMILES string of the molecule is Cc1cc(-n2ccc(=O)[nH]c2=S)ccc1Br. The van der Waals surface area contributed by atoms with E-state index in [2.05, 4.69) is 20.9 Å². The first-order valence-electron chi connectivity index (χ1n) is 4.66. The first kappa shape index (κ1) is 11.3. The van der Waals surface area contributed by atoms with Crippen LogP contribution in [0.5, 0.6) is 0 Å². The molecule has 0 aliphatic carbocycles. The van der Waals surface area contributed by atoms with Crippen LogP contribution in [0.1, 0.15) is 5.56 Å². The first-order valence-corrected chi connectivity index (χ1v) is 5.86. The molecular formula is C11H9BrN2OS. The summed E-state index contributed by atoms with van der Waals surface area (Å²) in [6.45, 7) is 2.00. The number of nitrogens with zero attached hydrogens (tertiary/aromatic N) is 1.